The normalized spacial score (nSPS) is 18.0. The Bertz CT molecular complexity index is 789. The average molecular weight is 367 g/mol. The molecule has 142 valence electrons. The standard InChI is InChI=1S/C21H25N3O3/c1-16(23-9-11-24(12-10-23)18-5-3-2-4-6-18)21(25)22-17-7-8-19-20(15-17)27-14-13-26-19/h2-8,15-16H,9-14H2,1H3,(H,22,25). The third-order valence-electron chi connectivity index (χ3n) is 5.17. The first-order valence-electron chi connectivity index (χ1n) is 9.45. The quantitative estimate of drug-likeness (QED) is 0.900. The minimum Gasteiger partial charge on any atom is -0.486 e. The van der Waals surface area contributed by atoms with Crippen molar-refractivity contribution in [3.8, 4) is 11.5 Å². The number of piperazine rings is 1. The second kappa shape index (κ2) is 7.88. The van der Waals surface area contributed by atoms with Gasteiger partial charge in [0.2, 0.25) is 5.91 Å². The number of anilines is 2. The first kappa shape index (κ1) is 17.7. The Morgan fingerprint density at radius 3 is 2.41 bits per heavy atom. The predicted molar refractivity (Wildman–Crippen MR) is 106 cm³/mol. The Hall–Kier alpha value is -2.73. The van der Waals surface area contributed by atoms with E-state index in [9.17, 15) is 4.79 Å². The fraction of sp³-hybridized carbons (Fsp3) is 0.381. The SMILES string of the molecule is CC(C(=O)Nc1ccc2c(c1)OCCO2)N1CCN(c2ccccc2)CC1. The Balaban J connectivity index is 1.33. The van der Waals surface area contributed by atoms with Crippen molar-refractivity contribution in [1.29, 1.82) is 0 Å². The number of benzene rings is 2. The van der Waals surface area contributed by atoms with Gasteiger partial charge in [0.1, 0.15) is 13.2 Å². The zero-order valence-electron chi connectivity index (χ0n) is 15.6. The summed E-state index contributed by atoms with van der Waals surface area (Å²) in [6, 6.07) is 15.8. The molecule has 1 fully saturated rings. The van der Waals surface area contributed by atoms with Crippen LogP contribution >= 0.6 is 0 Å². The molecular formula is C21H25N3O3. The van der Waals surface area contributed by atoms with Crippen molar-refractivity contribution in [3.63, 3.8) is 0 Å². The van der Waals surface area contributed by atoms with Gasteiger partial charge in [0.25, 0.3) is 0 Å². The van der Waals surface area contributed by atoms with E-state index in [1.54, 1.807) is 0 Å². The second-order valence-electron chi connectivity index (χ2n) is 6.88. The maximum Gasteiger partial charge on any atom is 0.241 e. The van der Waals surface area contributed by atoms with Gasteiger partial charge in [-0.1, -0.05) is 18.2 Å². The fourth-order valence-electron chi connectivity index (χ4n) is 3.54. The Kier molecular flexibility index (Phi) is 5.16. The van der Waals surface area contributed by atoms with Crippen LogP contribution in [0, 0.1) is 0 Å². The van der Waals surface area contributed by atoms with Crippen molar-refractivity contribution < 1.29 is 14.3 Å². The third kappa shape index (κ3) is 4.01. The van der Waals surface area contributed by atoms with Crippen LogP contribution in [0.25, 0.3) is 0 Å². The van der Waals surface area contributed by atoms with Crippen LogP contribution < -0.4 is 19.7 Å². The highest BCUT2D eigenvalue weighted by Crippen LogP contribution is 2.32. The summed E-state index contributed by atoms with van der Waals surface area (Å²) in [5, 5.41) is 3.00. The summed E-state index contributed by atoms with van der Waals surface area (Å²) >= 11 is 0. The van der Waals surface area contributed by atoms with Gasteiger partial charge in [0, 0.05) is 43.6 Å². The van der Waals surface area contributed by atoms with Crippen LogP contribution in [-0.4, -0.2) is 56.2 Å². The second-order valence-corrected chi connectivity index (χ2v) is 6.88. The molecule has 6 heteroatoms. The number of hydrogen-bond donors (Lipinski definition) is 1. The van der Waals surface area contributed by atoms with Crippen LogP contribution in [0.1, 0.15) is 6.92 Å². The van der Waals surface area contributed by atoms with E-state index in [1.165, 1.54) is 5.69 Å². The number of nitrogens with zero attached hydrogens (tertiary/aromatic N) is 2. The molecule has 1 saturated heterocycles. The van der Waals surface area contributed by atoms with Crippen molar-refractivity contribution in [2.24, 2.45) is 0 Å². The number of ether oxygens (including phenoxy) is 2. The van der Waals surface area contributed by atoms with E-state index in [-0.39, 0.29) is 11.9 Å². The molecule has 0 saturated carbocycles. The van der Waals surface area contributed by atoms with E-state index in [2.05, 4.69) is 39.4 Å². The Morgan fingerprint density at radius 2 is 1.67 bits per heavy atom. The minimum atomic E-state index is -0.184. The smallest absolute Gasteiger partial charge is 0.241 e. The predicted octanol–water partition coefficient (Wildman–Crippen LogP) is 2.61. The summed E-state index contributed by atoms with van der Waals surface area (Å²) < 4.78 is 11.1. The van der Waals surface area contributed by atoms with E-state index < -0.39 is 0 Å². The van der Waals surface area contributed by atoms with E-state index in [4.69, 9.17) is 9.47 Å². The average Bonchev–Trinajstić information content (AvgIpc) is 2.74. The summed E-state index contributed by atoms with van der Waals surface area (Å²) in [6.07, 6.45) is 0. The number of nitrogens with one attached hydrogen (secondary N) is 1. The molecule has 1 amide bonds. The van der Waals surface area contributed by atoms with Gasteiger partial charge >= 0.3 is 0 Å². The summed E-state index contributed by atoms with van der Waals surface area (Å²) in [5.74, 6) is 1.41. The number of para-hydroxylation sites is 1. The molecule has 0 spiro atoms. The van der Waals surface area contributed by atoms with Gasteiger partial charge in [-0.05, 0) is 31.2 Å². The molecule has 1 N–H and O–H groups in total. The van der Waals surface area contributed by atoms with Crippen LogP contribution in [0.2, 0.25) is 0 Å². The van der Waals surface area contributed by atoms with Crippen LogP contribution in [-0.2, 0) is 4.79 Å². The van der Waals surface area contributed by atoms with Crippen LogP contribution in [0.4, 0.5) is 11.4 Å². The largest absolute Gasteiger partial charge is 0.486 e. The number of fused-ring (bicyclic) bond motifs is 1. The molecule has 0 bridgehead atoms. The van der Waals surface area contributed by atoms with Crippen LogP contribution in [0.15, 0.2) is 48.5 Å². The van der Waals surface area contributed by atoms with Crippen LogP contribution in [0.3, 0.4) is 0 Å². The van der Waals surface area contributed by atoms with E-state index >= 15 is 0 Å². The minimum absolute atomic E-state index is 0.000149. The van der Waals surface area contributed by atoms with Gasteiger partial charge in [0.15, 0.2) is 11.5 Å². The van der Waals surface area contributed by atoms with E-state index in [1.807, 2.05) is 31.2 Å². The lowest BCUT2D eigenvalue weighted by Gasteiger charge is -2.38. The van der Waals surface area contributed by atoms with Crippen molar-refractivity contribution in [1.82, 2.24) is 4.90 Å². The molecule has 0 aliphatic carbocycles. The fourth-order valence-corrected chi connectivity index (χ4v) is 3.54. The molecule has 2 aliphatic heterocycles. The van der Waals surface area contributed by atoms with Gasteiger partial charge in [-0.25, -0.2) is 0 Å². The van der Waals surface area contributed by atoms with Gasteiger partial charge < -0.3 is 19.7 Å². The molecule has 2 aliphatic rings. The van der Waals surface area contributed by atoms with Gasteiger partial charge in [-0.3, -0.25) is 9.69 Å². The van der Waals surface area contributed by atoms with Gasteiger partial charge in [-0.15, -0.1) is 0 Å². The molecule has 2 heterocycles. The molecule has 6 nitrogen and oxygen atoms in total. The lowest BCUT2D eigenvalue weighted by Crippen LogP contribution is -2.52. The molecule has 1 unspecified atom stereocenters. The zero-order chi connectivity index (χ0) is 18.6. The number of rotatable bonds is 4. The molecular weight excluding hydrogens is 342 g/mol. The molecule has 2 aromatic rings. The van der Waals surface area contributed by atoms with Crippen molar-refractivity contribution in [3.05, 3.63) is 48.5 Å². The van der Waals surface area contributed by atoms with E-state index in [0.29, 0.717) is 19.0 Å². The Labute approximate surface area is 159 Å². The highest BCUT2D eigenvalue weighted by molar-refractivity contribution is 5.94. The summed E-state index contributed by atoms with van der Waals surface area (Å²) in [6.45, 7) is 6.63. The number of amides is 1. The van der Waals surface area contributed by atoms with Crippen molar-refractivity contribution in [2.45, 2.75) is 13.0 Å². The summed E-state index contributed by atoms with van der Waals surface area (Å²) in [5.41, 5.74) is 1.98. The maximum absolute atomic E-state index is 12.7. The number of carbonyl (C=O) groups is 1. The van der Waals surface area contributed by atoms with Gasteiger partial charge in [0.05, 0.1) is 6.04 Å². The topological polar surface area (TPSA) is 54.0 Å². The first-order valence-corrected chi connectivity index (χ1v) is 9.45. The molecule has 1 atom stereocenters. The first-order chi connectivity index (χ1) is 13.2. The molecule has 4 rings (SSSR count). The summed E-state index contributed by atoms with van der Waals surface area (Å²) in [7, 11) is 0. The maximum atomic E-state index is 12.7. The zero-order valence-corrected chi connectivity index (χ0v) is 15.6. The lowest BCUT2D eigenvalue weighted by molar-refractivity contribution is -0.120. The number of carbonyl (C=O) groups excluding carboxylic acids is 1. The van der Waals surface area contributed by atoms with Crippen molar-refractivity contribution in [2.75, 3.05) is 49.6 Å². The monoisotopic (exact) mass is 367 g/mol. The van der Waals surface area contributed by atoms with Crippen molar-refractivity contribution >= 4 is 17.3 Å². The Morgan fingerprint density at radius 1 is 0.963 bits per heavy atom. The highest BCUT2D eigenvalue weighted by Gasteiger charge is 2.26. The number of hydrogen-bond acceptors (Lipinski definition) is 5. The molecule has 27 heavy (non-hydrogen) atoms. The molecule has 0 radical (unpaired) electrons. The van der Waals surface area contributed by atoms with Gasteiger partial charge in [-0.2, -0.15) is 0 Å². The highest BCUT2D eigenvalue weighted by atomic mass is 16.6. The summed E-state index contributed by atoms with van der Waals surface area (Å²) in [4.78, 5) is 17.3. The van der Waals surface area contributed by atoms with E-state index in [0.717, 1.165) is 37.6 Å². The lowest BCUT2D eigenvalue weighted by atomic mass is 10.2. The molecule has 0 aromatic heterocycles. The molecule has 2 aromatic carbocycles. The van der Waals surface area contributed by atoms with Crippen LogP contribution in [0.5, 0.6) is 11.5 Å². The third-order valence-corrected chi connectivity index (χ3v) is 5.17.